The molecule has 20 heavy (non-hydrogen) atoms. The van der Waals surface area contributed by atoms with Gasteiger partial charge >= 0.3 is 6.18 Å². The van der Waals surface area contributed by atoms with Gasteiger partial charge in [0, 0.05) is 17.3 Å². The molecule has 1 aromatic carbocycles. The van der Waals surface area contributed by atoms with Crippen molar-refractivity contribution in [3.63, 3.8) is 0 Å². The largest absolute Gasteiger partial charge is 0.425 e. The Morgan fingerprint density at radius 1 is 1.25 bits per heavy atom. The van der Waals surface area contributed by atoms with Gasteiger partial charge in [-0.3, -0.25) is 4.68 Å². The Bertz CT molecular complexity index is 786. The number of halogens is 3. The van der Waals surface area contributed by atoms with Gasteiger partial charge in [-0.05, 0) is 29.1 Å². The van der Waals surface area contributed by atoms with Gasteiger partial charge in [-0.2, -0.15) is 18.3 Å². The number of hydrogen-bond acceptors (Lipinski definition) is 3. The molecule has 0 saturated carbocycles. The number of anilines is 1. The van der Waals surface area contributed by atoms with Crippen LogP contribution in [0, 0.1) is 0 Å². The maximum Gasteiger partial charge on any atom is 0.425 e. The van der Waals surface area contributed by atoms with E-state index in [0.29, 0.717) is 21.5 Å². The molecule has 3 rings (SSSR count). The number of hydrogen-bond donors (Lipinski definition) is 1. The molecule has 2 heterocycles. The highest BCUT2D eigenvalue weighted by Crippen LogP contribution is 2.39. The van der Waals surface area contributed by atoms with Crippen LogP contribution in [0.25, 0.3) is 21.2 Å². The van der Waals surface area contributed by atoms with Crippen molar-refractivity contribution in [1.29, 1.82) is 0 Å². The molecule has 0 bridgehead atoms. The second-order valence-corrected chi connectivity index (χ2v) is 5.51. The molecular formula is C13H10F3N3S. The zero-order valence-electron chi connectivity index (χ0n) is 10.4. The summed E-state index contributed by atoms with van der Waals surface area (Å²) in [6, 6.07) is 6.30. The lowest BCUT2D eigenvalue weighted by molar-refractivity contribution is -0.134. The van der Waals surface area contributed by atoms with Crippen molar-refractivity contribution in [3.8, 4) is 11.1 Å². The molecule has 3 nitrogen and oxygen atoms in total. The third-order valence-electron chi connectivity index (χ3n) is 3.09. The van der Waals surface area contributed by atoms with Crippen LogP contribution in [0.2, 0.25) is 0 Å². The molecule has 2 N–H and O–H groups in total. The molecule has 0 amide bonds. The summed E-state index contributed by atoms with van der Waals surface area (Å²) in [5.41, 5.74) is 7.35. The van der Waals surface area contributed by atoms with Gasteiger partial charge in [0.2, 0.25) is 0 Å². The van der Waals surface area contributed by atoms with E-state index >= 15 is 0 Å². The molecule has 104 valence electrons. The summed E-state index contributed by atoms with van der Waals surface area (Å²) in [6.07, 6.45) is -2.70. The van der Waals surface area contributed by atoms with Crippen molar-refractivity contribution in [2.45, 2.75) is 6.18 Å². The summed E-state index contributed by atoms with van der Waals surface area (Å²) in [7, 11) is 1.71. The summed E-state index contributed by atoms with van der Waals surface area (Å²) >= 11 is 0.740. The molecule has 0 spiro atoms. The number of aryl methyl sites for hydroxylation is 1. The van der Waals surface area contributed by atoms with Crippen molar-refractivity contribution in [2.75, 3.05) is 5.73 Å². The smallest absolute Gasteiger partial charge is 0.383 e. The number of thiophene rings is 1. The first-order valence-corrected chi connectivity index (χ1v) is 6.56. The third kappa shape index (κ3) is 2.03. The molecule has 0 aliphatic rings. The lowest BCUT2D eigenvalue weighted by atomic mass is 10.1. The molecule has 2 aromatic heterocycles. The van der Waals surface area contributed by atoms with Crippen LogP contribution in [0.3, 0.4) is 0 Å². The van der Waals surface area contributed by atoms with E-state index in [9.17, 15) is 13.2 Å². The van der Waals surface area contributed by atoms with Crippen LogP contribution >= 0.6 is 11.3 Å². The van der Waals surface area contributed by atoms with Crippen LogP contribution < -0.4 is 5.73 Å². The molecule has 0 saturated heterocycles. The average Bonchev–Trinajstić information content (AvgIpc) is 2.93. The Morgan fingerprint density at radius 3 is 2.60 bits per heavy atom. The van der Waals surface area contributed by atoms with Crippen molar-refractivity contribution in [3.05, 3.63) is 35.3 Å². The SMILES string of the molecule is Cn1ncc(-c2ccc3sc(C(F)(F)F)cc3c2)c1N. The lowest BCUT2D eigenvalue weighted by Crippen LogP contribution is -2.00. The van der Waals surface area contributed by atoms with Crippen molar-refractivity contribution < 1.29 is 13.2 Å². The van der Waals surface area contributed by atoms with E-state index in [1.54, 1.807) is 31.4 Å². The quantitative estimate of drug-likeness (QED) is 0.740. The Labute approximate surface area is 116 Å². The molecule has 3 aromatic rings. The molecular weight excluding hydrogens is 287 g/mol. The highest BCUT2D eigenvalue weighted by molar-refractivity contribution is 7.19. The lowest BCUT2D eigenvalue weighted by Gasteiger charge is -2.01. The van der Waals surface area contributed by atoms with E-state index in [4.69, 9.17) is 5.73 Å². The van der Waals surface area contributed by atoms with Gasteiger partial charge in [0.25, 0.3) is 0 Å². The second-order valence-electron chi connectivity index (χ2n) is 4.43. The predicted octanol–water partition coefficient (Wildman–Crippen LogP) is 3.90. The third-order valence-corrected chi connectivity index (χ3v) is 4.25. The average molecular weight is 297 g/mol. The van der Waals surface area contributed by atoms with Gasteiger partial charge in [-0.1, -0.05) is 6.07 Å². The maximum absolute atomic E-state index is 12.7. The zero-order chi connectivity index (χ0) is 14.5. The van der Waals surface area contributed by atoms with Crippen molar-refractivity contribution >= 4 is 27.2 Å². The van der Waals surface area contributed by atoms with E-state index in [2.05, 4.69) is 5.10 Å². The predicted molar refractivity (Wildman–Crippen MR) is 73.4 cm³/mol. The van der Waals surface area contributed by atoms with Gasteiger partial charge in [0.05, 0.1) is 6.20 Å². The summed E-state index contributed by atoms with van der Waals surface area (Å²) in [5.74, 6) is 0.482. The molecule has 0 fully saturated rings. The standard InChI is InChI=1S/C13H10F3N3S/c1-19-12(17)9(6-18-19)7-2-3-10-8(4-7)5-11(20-10)13(14,15)16/h2-6H,17H2,1H3. The van der Waals surface area contributed by atoms with E-state index in [-0.39, 0.29) is 0 Å². The van der Waals surface area contributed by atoms with Gasteiger partial charge < -0.3 is 5.73 Å². The molecule has 0 aliphatic heterocycles. The van der Waals surface area contributed by atoms with Gasteiger partial charge in [-0.15, -0.1) is 11.3 Å². The number of rotatable bonds is 1. The minimum absolute atomic E-state index is 0.482. The molecule has 0 aliphatic carbocycles. The second kappa shape index (κ2) is 4.24. The summed E-state index contributed by atoms with van der Waals surface area (Å²) in [5, 5.41) is 4.59. The van der Waals surface area contributed by atoms with E-state index in [1.165, 1.54) is 4.68 Å². The molecule has 0 radical (unpaired) electrons. The minimum atomic E-state index is -4.31. The highest BCUT2D eigenvalue weighted by atomic mass is 32.1. The molecule has 0 unspecified atom stereocenters. The van der Waals surface area contributed by atoms with Crippen LogP contribution in [0.5, 0.6) is 0 Å². The summed E-state index contributed by atoms with van der Waals surface area (Å²) < 4.78 is 40.2. The first kappa shape index (κ1) is 13.0. The Balaban J connectivity index is 2.13. The monoisotopic (exact) mass is 297 g/mol. The number of benzene rings is 1. The fourth-order valence-electron chi connectivity index (χ4n) is 2.02. The number of fused-ring (bicyclic) bond motifs is 1. The van der Waals surface area contributed by atoms with E-state index in [0.717, 1.165) is 23.0 Å². The first-order valence-electron chi connectivity index (χ1n) is 5.75. The summed E-state index contributed by atoms with van der Waals surface area (Å²) in [6.45, 7) is 0. The fraction of sp³-hybridized carbons (Fsp3) is 0.154. The van der Waals surface area contributed by atoms with Crippen LogP contribution in [0.1, 0.15) is 4.88 Å². The molecule has 7 heteroatoms. The zero-order valence-corrected chi connectivity index (χ0v) is 11.2. The Morgan fingerprint density at radius 2 is 2.00 bits per heavy atom. The van der Waals surface area contributed by atoms with Crippen molar-refractivity contribution in [1.82, 2.24) is 9.78 Å². The van der Waals surface area contributed by atoms with Crippen LogP contribution in [0.15, 0.2) is 30.5 Å². The number of aromatic nitrogens is 2. The number of alkyl halides is 3. The number of nitrogen functional groups attached to an aromatic ring is 1. The fourth-order valence-corrected chi connectivity index (χ4v) is 2.93. The molecule has 0 atom stereocenters. The van der Waals surface area contributed by atoms with Crippen LogP contribution in [-0.2, 0) is 13.2 Å². The van der Waals surface area contributed by atoms with E-state index < -0.39 is 11.1 Å². The summed E-state index contributed by atoms with van der Waals surface area (Å²) in [4.78, 5) is -0.594. The Hall–Kier alpha value is -2.02. The van der Waals surface area contributed by atoms with Crippen LogP contribution in [-0.4, -0.2) is 9.78 Å². The first-order chi connectivity index (χ1) is 9.36. The van der Waals surface area contributed by atoms with Gasteiger partial charge in [-0.25, -0.2) is 0 Å². The topological polar surface area (TPSA) is 43.8 Å². The van der Waals surface area contributed by atoms with E-state index in [1.807, 2.05) is 0 Å². The normalized spacial score (nSPS) is 12.2. The Kier molecular flexibility index (Phi) is 2.75. The maximum atomic E-state index is 12.7. The van der Waals surface area contributed by atoms with Crippen LogP contribution in [0.4, 0.5) is 19.0 Å². The highest BCUT2D eigenvalue weighted by Gasteiger charge is 2.32. The van der Waals surface area contributed by atoms with Gasteiger partial charge in [0.15, 0.2) is 0 Å². The number of nitrogens with two attached hydrogens (primary N) is 1. The van der Waals surface area contributed by atoms with Gasteiger partial charge in [0.1, 0.15) is 10.7 Å². The number of nitrogens with zero attached hydrogens (tertiary/aromatic N) is 2. The minimum Gasteiger partial charge on any atom is -0.383 e. The van der Waals surface area contributed by atoms with Crippen molar-refractivity contribution in [2.24, 2.45) is 7.05 Å².